The van der Waals surface area contributed by atoms with Gasteiger partial charge in [-0.05, 0) is 24.6 Å². The molecule has 0 unspecified atom stereocenters. The van der Waals surface area contributed by atoms with E-state index in [9.17, 15) is 8.78 Å². The summed E-state index contributed by atoms with van der Waals surface area (Å²) in [6, 6.07) is 5.39. The Kier molecular flexibility index (Phi) is 4.19. The highest BCUT2D eigenvalue weighted by atomic mass is 32.2. The predicted octanol–water partition coefficient (Wildman–Crippen LogP) is 4.10. The number of methoxy groups -OCH3 is 1. The van der Waals surface area contributed by atoms with Crippen molar-refractivity contribution in [2.75, 3.05) is 12.9 Å². The highest BCUT2D eigenvalue weighted by Gasteiger charge is 2.10. The number of hydrogen-bond donors (Lipinski definition) is 0. The van der Waals surface area contributed by atoms with E-state index in [4.69, 9.17) is 9.15 Å². The molecular weight excluding hydrogens is 260 g/mol. The van der Waals surface area contributed by atoms with E-state index in [1.165, 1.54) is 11.8 Å². The van der Waals surface area contributed by atoms with Gasteiger partial charge in [0.1, 0.15) is 5.75 Å². The Balaban J connectivity index is 2.08. The van der Waals surface area contributed by atoms with Crippen LogP contribution in [-0.4, -0.2) is 17.8 Å². The van der Waals surface area contributed by atoms with Crippen molar-refractivity contribution in [1.82, 2.24) is 4.98 Å². The summed E-state index contributed by atoms with van der Waals surface area (Å²) in [4.78, 5) is 4.26. The number of nitrogens with zero attached hydrogens (tertiary/aromatic N) is 1. The van der Waals surface area contributed by atoms with Crippen molar-refractivity contribution in [1.29, 1.82) is 0 Å². The summed E-state index contributed by atoms with van der Waals surface area (Å²) in [6.07, 6.45) is -0.492. The maximum absolute atomic E-state index is 11.8. The lowest BCUT2D eigenvalue weighted by molar-refractivity contribution is 0.418. The maximum atomic E-state index is 11.8. The van der Waals surface area contributed by atoms with Gasteiger partial charge < -0.3 is 9.15 Å². The van der Waals surface area contributed by atoms with Crippen LogP contribution in [0.1, 0.15) is 6.42 Å². The SMILES string of the molecule is COc1cccc2oc(SCCC=C(F)F)nc12. The van der Waals surface area contributed by atoms with Crippen molar-refractivity contribution in [3.05, 3.63) is 30.4 Å². The molecule has 0 bridgehead atoms. The lowest BCUT2D eigenvalue weighted by Crippen LogP contribution is -1.83. The standard InChI is InChI=1S/C12H11F2NO2S/c1-16-8-4-2-5-9-11(8)15-12(17-9)18-7-3-6-10(13)14/h2,4-6H,3,7H2,1H3. The fourth-order valence-corrected chi connectivity index (χ4v) is 2.16. The van der Waals surface area contributed by atoms with Crippen LogP contribution in [0.4, 0.5) is 8.78 Å². The van der Waals surface area contributed by atoms with Crippen LogP contribution in [0.25, 0.3) is 11.1 Å². The summed E-state index contributed by atoms with van der Waals surface area (Å²) < 4.78 is 34.3. The Bertz CT molecular complexity index is 564. The molecular formula is C12H11F2NO2S. The Labute approximate surface area is 107 Å². The molecule has 1 aromatic carbocycles. The predicted molar refractivity (Wildman–Crippen MR) is 66.2 cm³/mol. The van der Waals surface area contributed by atoms with Crippen LogP contribution in [0.5, 0.6) is 5.75 Å². The second kappa shape index (κ2) is 5.86. The first-order valence-corrected chi connectivity index (χ1v) is 6.27. The molecule has 0 atom stereocenters. The second-order valence-corrected chi connectivity index (χ2v) is 4.46. The zero-order chi connectivity index (χ0) is 13.0. The van der Waals surface area contributed by atoms with Crippen molar-refractivity contribution in [3.63, 3.8) is 0 Å². The molecule has 0 spiro atoms. The van der Waals surface area contributed by atoms with Crippen LogP contribution < -0.4 is 4.74 Å². The molecule has 0 radical (unpaired) electrons. The molecule has 18 heavy (non-hydrogen) atoms. The van der Waals surface area contributed by atoms with Gasteiger partial charge in [-0.1, -0.05) is 17.8 Å². The Hall–Kier alpha value is -1.56. The summed E-state index contributed by atoms with van der Waals surface area (Å²) >= 11 is 1.30. The Morgan fingerprint density at radius 1 is 1.50 bits per heavy atom. The number of fused-ring (bicyclic) bond motifs is 1. The number of thioether (sulfide) groups is 1. The zero-order valence-corrected chi connectivity index (χ0v) is 10.5. The first-order chi connectivity index (χ1) is 8.70. The van der Waals surface area contributed by atoms with E-state index in [1.54, 1.807) is 19.2 Å². The van der Waals surface area contributed by atoms with Gasteiger partial charge in [0.05, 0.1) is 7.11 Å². The van der Waals surface area contributed by atoms with Crippen molar-refractivity contribution in [3.8, 4) is 5.75 Å². The number of para-hydroxylation sites is 1. The van der Waals surface area contributed by atoms with Crippen LogP contribution in [0.15, 0.2) is 40.0 Å². The lowest BCUT2D eigenvalue weighted by Gasteiger charge is -1.96. The van der Waals surface area contributed by atoms with E-state index in [0.717, 1.165) is 6.08 Å². The third kappa shape index (κ3) is 3.01. The summed E-state index contributed by atoms with van der Waals surface area (Å²) in [5, 5.41) is 0.460. The van der Waals surface area contributed by atoms with Gasteiger partial charge in [0.15, 0.2) is 11.1 Å². The quantitative estimate of drug-likeness (QED) is 0.606. The minimum absolute atomic E-state index is 0.281. The van der Waals surface area contributed by atoms with Crippen molar-refractivity contribution >= 4 is 22.9 Å². The van der Waals surface area contributed by atoms with Gasteiger partial charge in [-0.3, -0.25) is 0 Å². The monoisotopic (exact) mass is 271 g/mol. The van der Waals surface area contributed by atoms with Crippen LogP contribution in [0, 0.1) is 0 Å². The summed E-state index contributed by atoms with van der Waals surface area (Å²) in [6.45, 7) is 0. The van der Waals surface area contributed by atoms with E-state index in [2.05, 4.69) is 4.98 Å². The van der Waals surface area contributed by atoms with Gasteiger partial charge in [0.2, 0.25) is 0 Å². The van der Waals surface area contributed by atoms with Crippen molar-refractivity contribution < 1.29 is 17.9 Å². The van der Waals surface area contributed by atoms with Gasteiger partial charge in [-0.15, -0.1) is 0 Å². The van der Waals surface area contributed by atoms with Crippen LogP contribution >= 0.6 is 11.8 Å². The minimum atomic E-state index is -1.66. The molecule has 1 aromatic heterocycles. The number of hydrogen-bond acceptors (Lipinski definition) is 4. The largest absolute Gasteiger partial charge is 0.494 e. The topological polar surface area (TPSA) is 35.3 Å². The lowest BCUT2D eigenvalue weighted by atomic mass is 10.3. The van der Waals surface area contributed by atoms with E-state index >= 15 is 0 Å². The maximum Gasteiger partial charge on any atom is 0.266 e. The highest BCUT2D eigenvalue weighted by Crippen LogP contribution is 2.29. The Morgan fingerprint density at radius 3 is 3.06 bits per heavy atom. The number of ether oxygens (including phenoxy) is 1. The molecule has 1 heterocycles. The Morgan fingerprint density at radius 2 is 2.33 bits per heavy atom. The first-order valence-electron chi connectivity index (χ1n) is 5.28. The average Bonchev–Trinajstić information content (AvgIpc) is 2.76. The van der Waals surface area contributed by atoms with Gasteiger partial charge in [0, 0.05) is 5.75 Å². The first kappa shape index (κ1) is 12.9. The fraction of sp³-hybridized carbons (Fsp3) is 0.250. The molecule has 0 aliphatic heterocycles. The van der Waals surface area contributed by atoms with Crippen LogP contribution in [0.2, 0.25) is 0 Å². The molecule has 0 saturated carbocycles. The summed E-state index contributed by atoms with van der Waals surface area (Å²) in [5.74, 6) is 1.13. The summed E-state index contributed by atoms with van der Waals surface area (Å²) in [7, 11) is 1.56. The molecule has 3 nitrogen and oxygen atoms in total. The number of allylic oxidation sites excluding steroid dienone is 1. The third-order valence-corrected chi connectivity index (χ3v) is 3.09. The molecule has 0 aliphatic rings. The molecule has 0 saturated heterocycles. The van der Waals surface area contributed by atoms with Crippen molar-refractivity contribution in [2.45, 2.75) is 11.6 Å². The minimum Gasteiger partial charge on any atom is -0.494 e. The normalized spacial score (nSPS) is 10.6. The van der Waals surface area contributed by atoms with Gasteiger partial charge in [-0.2, -0.15) is 13.8 Å². The molecule has 2 rings (SSSR count). The van der Waals surface area contributed by atoms with E-state index < -0.39 is 6.08 Å². The second-order valence-electron chi connectivity index (χ2n) is 3.42. The number of rotatable bonds is 5. The van der Waals surface area contributed by atoms with Gasteiger partial charge in [0.25, 0.3) is 11.3 Å². The van der Waals surface area contributed by atoms with E-state index in [-0.39, 0.29) is 6.42 Å². The third-order valence-electron chi connectivity index (χ3n) is 2.22. The van der Waals surface area contributed by atoms with Crippen molar-refractivity contribution in [2.24, 2.45) is 0 Å². The molecule has 6 heteroatoms. The number of halogens is 2. The van der Waals surface area contributed by atoms with Crippen LogP contribution in [0.3, 0.4) is 0 Å². The van der Waals surface area contributed by atoms with Gasteiger partial charge in [-0.25, -0.2) is 0 Å². The number of oxazole rings is 1. The van der Waals surface area contributed by atoms with Crippen LogP contribution in [-0.2, 0) is 0 Å². The molecule has 0 amide bonds. The van der Waals surface area contributed by atoms with E-state index in [0.29, 0.717) is 27.8 Å². The van der Waals surface area contributed by atoms with Gasteiger partial charge >= 0.3 is 0 Å². The number of aromatic nitrogens is 1. The average molecular weight is 271 g/mol. The molecule has 0 aliphatic carbocycles. The number of benzene rings is 1. The zero-order valence-electron chi connectivity index (χ0n) is 9.65. The smallest absolute Gasteiger partial charge is 0.266 e. The molecule has 0 fully saturated rings. The highest BCUT2D eigenvalue weighted by molar-refractivity contribution is 7.99. The molecule has 0 N–H and O–H groups in total. The van der Waals surface area contributed by atoms with E-state index in [1.807, 2.05) is 6.07 Å². The molecule has 2 aromatic rings. The fourth-order valence-electron chi connectivity index (χ4n) is 1.44. The summed E-state index contributed by atoms with van der Waals surface area (Å²) in [5.41, 5.74) is 1.28. The molecule has 96 valence electrons.